The molecule has 3 aromatic carbocycles. The zero-order valence-electron chi connectivity index (χ0n) is 19.0. The number of aryl methyl sites for hydroxylation is 1. The number of nitrogens with one attached hydrogen (secondary N) is 2. The van der Waals surface area contributed by atoms with Gasteiger partial charge in [-0.2, -0.15) is 0 Å². The zero-order valence-corrected chi connectivity index (χ0v) is 19.0. The van der Waals surface area contributed by atoms with Gasteiger partial charge in [0.05, 0.1) is 11.3 Å². The van der Waals surface area contributed by atoms with E-state index in [-0.39, 0.29) is 23.8 Å². The molecule has 3 N–H and O–H groups in total. The van der Waals surface area contributed by atoms with Crippen molar-refractivity contribution < 1.29 is 24.2 Å². The van der Waals surface area contributed by atoms with Gasteiger partial charge >= 0.3 is 12.1 Å². The number of hydrogen-bond acceptors (Lipinski definition) is 4. The van der Waals surface area contributed by atoms with Crippen molar-refractivity contribution >= 4 is 23.7 Å². The van der Waals surface area contributed by atoms with Crippen LogP contribution in [0.15, 0.2) is 66.7 Å². The van der Waals surface area contributed by atoms with E-state index in [1.165, 1.54) is 12.1 Å². The molecule has 0 radical (unpaired) electrons. The number of amides is 2. The van der Waals surface area contributed by atoms with Gasteiger partial charge < -0.3 is 20.5 Å². The molecule has 7 nitrogen and oxygen atoms in total. The van der Waals surface area contributed by atoms with Crippen molar-refractivity contribution in [1.29, 1.82) is 0 Å². The molecule has 0 saturated heterocycles. The maximum Gasteiger partial charge on any atom is 0.407 e. The predicted octanol–water partition coefficient (Wildman–Crippen LogP) is 4.95. The lowest BCUT2D eigenvalue weighted by atomic mass is 9.98. The van der Waals surface area contributed by atoms with Crippen molar-refractivity contribution in [1.82, 2.24) is 5.32 Å². The number of alkyl carbamates (subject to hydrolysis) is 1. The molecule has 0 heterocycles. The van der Waals surface area contributed by atoms with Crippen LogP contribution in [0.25, 0.3) is 11.1 Å². The average molecular weight is 459 g/mol. The summed E-state index contributed by atoms with van der Waals surface area (Å²) in [5.41, 5.74) is 5.39. The Morgan fingerprint density at radius 1 is 0.971 bits per heavy atom. The molecule has 0 unspecified atom stereocenters. The number of benzene rings is 3. The molecule has 7 heteroatoms. The molecule has 0 aliphatic heterocycles. The molecule has 4 rings (SSSR count). The van der Waals surface area contributed by atoms with Gasteiger partial charge in [0.25, 0.3) is 0 Å². The molecule has 34 heavy (non-hydrogen) atoms. The quantitative estimate of drug-likeness (QED) is 0.465. The van der Waals surface area contributed by atoms with Gasteiger partial charge in [-0.15, -0.1) is 0 Å². The van der Waals surface area contributed by atoms with Crippen LogP contribution in [0.4, 0.5) is 10.5 Å². The SMILES string of the molecule is CC[C@@H](NC(=O)OCC1c2ccccc2-c2ccccc21)C(=O)Nc1ccc(C)cc1C(=O)O. The number of rotatable bonds is 7. The van der Waals surface area contributed by atoms with Crippen molar-refractivity contribution in [2.24, 2.45) is 0 Å². The minimum atomic E-state index is -1.14. The number of carbonyl (C=O) groups excluding carboxylic acids is 2. The van der Waals surface area contributed by atoms with Gasteiger partial charge in [-0.05, 0) is 47.7 Å². The molecular formula is C27H26N2O5. The van der Waals surface area contributed by atoms with E-state index in [1.54, 1.807) is 19.9 Å². The lowest BCUT2D eigenvalue weighted by Gasteiger charge is -2.19. The van der Waals surface area contributed by atoms with Gasteiger partial charge in [0, 0.05) is 5.92 Å². The minimum Gasteiger partial charge on any atom is -0.478 e. The Labute approximate surface area is 197 Å². The molecule has 2 amide bonds. The van der Waals surface area contributed by atoms with Crippen molar-refractivity contribution in [3.8, 4) is 11.1 Å². The normalized spacial score (nSPS) is 12.9. The van der Waals surface area contributed by atoms with Gasteiger partial charge in [-0.25, -0.2) is 9.59 Å². The second-order valence-electron chi connectivity index (χ2n) is 8.27. The van der Waals surface area contributed by atoms with Crippen LogP contribution in [-0.2, 0) is 9.53 Å². The van der Waals surface area contributed by atoms with Crippen LogP contribution < -0.4 is 10.6 Å². The summed E-state index contributed by atoms with van der Waals surface area (Å²) in [6, 6.07) is 19.9. The third-order valence-electron chi connectivity index (χ3n) is 6.02. The van der Waals surface area contributed by atoms with Crippen LogP contribution in [0.2, 0.25) is 0 Å². The molecule has 1 atom stereocenters. The third-order valence-corrected chi connectivity index (χ3v) is 6.02. The Kier molecular flexibility index (Phi) is 6.63. The number of carboxylic acids is 1. The molecule has 0 spiro atoms. The second kappa shape index (κ2) is 9.79. The van der Waals surface area contributed by atoms with Gasteiger partial charge in [0.15, 0.2) is 0 Å². The summed E-state index contributed by atoms with van der Waals surface area (Å²) in [5.74, 6) is -1.74. The summed E-state index contributed by atoms with van der Waals surface area (Å²) in [6.45, 7) is 3.66. The van der Waals surface area contributed by atoms with Crippen molar-refractivity contribution in [2.75, 3.05) is 11.9 Å². The molecular weight excluding hydrogens is 432 g/mol. The molecule has 3 aromatic rings. The summed E-state index contributed by atoms with van der Waals surface area (Å²) in [7, 11) is 0. The summed E-state index contributed by atoms with van der Waals surface area (Å²) in [4.78, 5) is 36.8. The first-order valence-corrected chi connectivity index (χ1v) is 11.1. The molecule has 0 fully saturated rings. The number of carbonyl (C=O) groups is 3. The zero-order chi connectivity index (χ0) is 24.2. The first kappa shape index (κ1) is 23.0. The van der Waals surface area contributed by atoms with E-state index in [0.29, 0.717) is 6.42 Å². The fraction of sp³-hybridized carbons (Fsp3) is 0.222. The summed E-state index contributed by atoms with van der Waals surface area (Å²) in [5, 5.41) is 14.6. The topological polar surface area (TPSA) is 105 Å². The second-order valence-corrected chi connectivity index (χ2v) is 8.27. The van der Waals surface area contributed by atoms with Crippen LogP contribution in [0, 0.1) is 6.92 Å². The highest BCUT2D eigenvalue weighted by Crippen LogP contribution is 2.44. The molecule has 0 saturated carbocycles. The number of aromatic carboxylic acids is 1. The van der Waals surface area contributed by atoms with Gasteiger partial charge in [0.1, 0.15) is 12.6 Å². The summed E-state index contributed by atoms with van der Waals surface area (Å²) < 4.78 is 5.53. The van der Waals surface area contributed by atoms with Crippen LogP contribution in [-0.4, -0.2) is 35.7 Å². The minimum absolute atomic E-state index is 0.00987. The van der Waals surface area contributed by atoms with Crippen LogP contribution >= 0.6 is 0 Å². The summed E-state index contributed by atoms with van der Waals surface area (Å²) in [6.07, 6.45) is -0.393. The Balaban J connectivity index is 1.41. The largest absolute Gasteiger partial charge is 0.478 e. The Morgan fingerprint density at radius 3 is 2.18 bits per heavy atom. The lowest BCUT2D eigenvalue weighted by Crippen LogP contribution is -2.44. The number of carboxylic acid groups (broad SMARTS) is 1. The molecule has 0 bridgehead atoms. The van der Waals surface area contributed by atoms with Crippen LogP contribution in [0.5, 0.6) is 0 Å². The van der Waals surface area contributed by atoms with E-state index in [2.05, 4.69) is 22.8 Å². The Bertz CT molecular complexity index is 1210. The van der Waals surface area contributed by atoms with E-state index in [9.17, 15) is 19.5 Å². The van der Waals surface area contributed by atoms with Gasteiger partial charge in [-0.1, -0.05) is 67.1 Å². The summed E-state index contributed by atoms with van der Waals surface area (Å²) >= 11 is 0. The Hall–Kier alpha value is -4.13. The van der Waals surface area contributed by atoms with Gasteiger partial charge in [0.2, 0.25) is 5.91 Å². The molecule has 1 aliphatic carbocycles. The standard InChI is InChI=1S/C27H26N2O5/c1-3-23(25(30)28-24-13-12-16(2)14-21(24)26(31)32)29-27(33)34-15-22-19-10-6-4-8-17(19)18-9-5-7-11-20(18)22/h4-14,22-23H,3,15H2,1-2H3,(H,28,30)(H,29,33)(H,31,32)/t23-/m1/s1. The van der Waals surface area contributed by atoms with E-state index in [1.807, 2.05) is 36.4 Å². The third kappa shape index (κ3) is 4.64. The van der Waals surface area contributed by atoms with Crippen LogP contribution in [0.3, 0.4) is 0 Å². The maximum absolute atomic E-state index is 12.8. The smallest absolute Gasteiger partial charge is 0.407 e. The molecule has 1 aliphatic rings. The highest BCUT2D eigenvalue weighted by Gasteiger charge is 2.29. The van der Waals surface area contributed by atoms with E-state index < -0.39 is 24.0 Å². The fourth-order valence-electron chi connectivity index (χ4n) is 4.30. The molecule has 174 valence electrons. The number of anilines is 1. The predicted molar refractivity (Wildman–Crippen MR) is 129 cm³/mol. The number of fused-ring (bicyclic) bond motifs is 3. The lowest BCUT2D eigenvalue weighted by molar-refractivity contribution is -0.118. The van der Waals surface area contributed by atoms with E-state index >= 15 is 0 Å². The highest BCUT2D eigenvalue weighted by atomic mass is 16.5. The maximum atomic E-state index is 12.8. The number of ether oxygens (including phenoxy) is 1. The first-order chi connectivity index (χ1) is 16.4. The van der Waals surface area contributed by atoms with Gasteiger partial charge in [-0.3, -0.25) is 4.79 Å². The highest BCUT2D eigenvalue weighted by molar-refractivity contribution is 6.03. The first-order valence-electron chi connectivity index (χ1n) is 11.1. The van der Waals surface area contributed by atoms with E-state index in [0.717, 1.165) is 27.8 Å². The van der Waals surface area contributed by atoms with Crippen molar-refractivity contribution in [3.05, 3.63) is 89.0 Å². The van der Waals surface area contributed by atoms with E-state index in [4.69, 9.17) is 4.74 Å². The van der Waals surface area contributed by atoms with Crippen molar-refractivity contribution in [2.45, 2.75) is 32.2 Å². The Morgan fingerprint density at radius 2 is 1.59 bits per heavy atom. The monoisotopic (exact) mass is 458 g/mol. The fourth-order valence-corrected chi connectivity index (χ4v) is 4.30. The number of hydrogen-bond donors (Lipinski definition) is 3. The van der Waals surface area contributed by atoms with Crippen LogP contribution in [0.1, 0.15) is 46.3 Å². The average Bonchev–Trinajstić information content (AvgIpc) is 3.15. The van der Waals surface area contributed by atoms with Crippen molar-refractivity contribution in [3.63, 3.8) is 0 Å². The molecule has 0 aromatic heterocycles.